The second-order valence-corrected chi connectivity index (χ2v) is 4.83. The summed E-state index contributed by atoms with van der Waals surface area (Å²) in [6.07, 6.45) is -0.118. The van der Waals surface area contributed by atoms with E-state index in [9.17, 15) is 13.6 Å². The number of amides is 1. The largest absolute Gasteiger partial charge is 0.293 e. The van der Waals surface area contributed by atoms with Gasteiger partial charge in [-0.05, 0) is 35.9 Å². The predicted octanol–water partition coefficient (Wildman–Crippen LogP) is 2.93. The van der Waals surface area contributed by atoms with Gasteiger partial charge in [0.2, 0.25) is 11.9 Å². The average molecular weight is 314 g/mol. The van der Waals surface area contributed by atoms with Crippen molar-refractivity contribution in [1.29, 1.82) is 0 Å². The lowest BCUT2D eigenvalue weighted by molar-refractivity contribution is -0.115. The van der Waals surface area contributed by atoms with Crippen LogP contribution in [-0.2, 0) is 11.2 Å². The van der Waals surface area contributed by atoms with Crippen molar-refractivity contribution in [3.05, 3.63) is 65.7 Å². The number of hydrogen-bond donors (Lipinski definition) is 2. The molecule has 116 valence electrons. The van der Waals surface area contributed by atoms with Gasteiger partial charge in [0.15, 0.2) is 5.82 Å². The van der Waals surface area contributed by atoms with Crippen molar-refractivity contribution in [3.63, 3.8) is 0 Å². The summed E-state index contributed by atoms with van der Waals surface area (Å²) < 4.78 is 26.4. The molecule has 3 rings (SSSR count). The number of nitrogens with zero attached hydrogens (tertiary/aromatic N) is 2. The molecule has 0 unspecified atom stereocenters. The van der Waals surface area contributed by atoms with E-state index in [2.05, 4.69) is 20.5 Å². The number of benzene rings is 2. The van der Waals surface area contributed by atoms with Gasteiger partial charge in [0.25, 0.3) is 0 Å². The fourth-order valence-corrected chi connectivity index (χ4v) is 2.04. The number of hydrogen-bond acceptors (Lipinski definition) is 3. The molecule has 3 aromatic rings. The molecule has 0 atom stereocenters. The third-order valence-corrected chi connectivity index (χ3v) is 3.16. The summed E-state index contributed by atoms with van der Waals surface area (Å²) in [5.74, 6) is -0.757. The van der Waals surface area contributed by atoms with Gasteiger partial charge in [-0.15, -0.1) is 5.10 Å². The lowest BCUT2D eigenvalue weighted by Crippen LogP contribution is -2.16. The van der Waals surface area contributed by atoms with Crippen LogP contribution in [0.25, 0.3) is 11.4 Å². The van der Waals surface area contributed by atoms with Gasteiger partial charge < -0.3 is 0 Å². The zero-order valence-corrected chi connectivity index (χ0v) is 11.9. The van der Waals surface area contributed by atoms with E-state index in [1.807, 2.05) is 0 Å². The summed E-state index contributed by atoms with van der Waals surface area (Å²) in [5, 5.41) is 9.00. The fraction of sp³-hybridized carbons (Fsp3) is 0.0625. The first-order valence-corrected chi connectivity index (χ1v) is 6.83. The number of halogens is 2. The third kappa shape index (κ3) is 3.57. The molecule has 0 saturated heterocycles. The molecule has 0 saturated carbocycles. The summed E-state index contributed by atoms with van der Waals surface area (Å²) in [5.41, 5.74) is 0.924. The van der Waals surface area contributed by atoms with Gasteiger partial charge in [-0.2, -0.15) is 4.98 Å². The first-order valence-electron chi connectivity index (χ1n) is 6.83. The highest BCUT2D eigenvalue weighted by molar-refractivity contribution is 5.90. The Morgan fingerprint density at radius 1 is 1.09 bits per heavy atom. The van der Waals surface area contributed by atoms with Crippen molar-refractivity contribution in [2.45, 2.75) is 6.42 Å². The molecule has 1 heterocycles. The molecule has 0 spiro atoms. The van der Waals surface area contributed by atoms with Crippen LogP contribution in [0.5, 0.6) is 0 Å². The van der Waals surface area contributed by atoms with Crippen LogP contribution in [0.4, 0.5) is 14.7 Å². The van der Waals surface area contributed by atoms with E-state index in [1.54, 1.807) is 24.3 Å². The van der Waals surface area contributed by atoms with Gasteiger partial charge in [0, 0.05) is 5.56 Å². The summed E-state index contributed by atoms with van der Waals surface area (Å²) in [4.78, 5) is 16.0. The molecular weight excluding hydrogens is 302 g/mol. The van der Waals surface area contributed by atoms with E-state index >= 15 is 0 Å². The first-order chi connectivity index (χ1) is 11.1. The Morgan fingerprint density at radius 2 is 1.83 bits per heavy atom. The number of rotatable bonds is 4. The Morgan fingerprint density at radius 3 is 2.57 bits per heavy atom. The van der Waals surface area contributed by atoms with Crippen LogP contribution in [0, 0.1) is 11.6 Å². The van der Waals surface area contributed by atoms with Gasteiger partial charge in [0.05, 0.1) is 6.42 Å². The Labute approximate surface area is 130 Å². The Balaban J connectivity index is 1.68. The number of carbonyl (C=O) groups excluding carboxylic acids is 1. The second kappa shape index (κ2) is 6.35. The molecule has 2 N–H and O–H groups in total. The third-order valence-electron chi connectivity index (χ3n) is 3.16. The molecule has 0 aliphatic rings. The van der Waals surface area contributed by atoms with Crippen LogP contribution in [0.15, 0.2) is 48.5 Å². The zero-order chi connectivity index (χ0) is 16.2. The quantitative estimate of drug-likeness (QED) is 0.778. The number of nitrogens with one attached hydrogen (secondary N) is 2. The monoisotopic (exact) mass is 314 g/mol. The van der Waals surface area contributed by atoms with Crippen molar-refractivity contribution in [2.24, 2.45) is 0 Å². The molecule has 0 aliphatic carbocycles. The van der Waals surface area contributed by atoms with Crippen molar-refractivity contribution < 1.29 is 13.6 Å². The standard InChI is InChI=1S/C16H12F2N4O/c17-12-7-5-10(6-8-12)15-20-16(22-21-15)19-14(23)9-11-3-1-2-4-13(11)18/h1-8H,9H2,(H2,19,20,21,22,23). The van der Waals surface area contributed by atoms with Gasteiger partial charge in [-0.3, -0.25) is 15.2 Å². The minimum Gasteiger partial charge on any atom is -0.293 e. The van der Waals surface area contributed by atoms with E-state index in [0.29, 0.717) is 17.0 Å². The molecule has 2 aromatic carbocycles. The minimum absolute atomic E-state index is 0.0747. The Hall–Kier alpha value is -3.09. The second-order valence-electron chi connectivity index (χ2n) is 4.83. The van der Waals surface area contributed by atoms with Gasteiger partial charge in [-0.25, -0.2) is 8.78 Å². The van der Waals surface area contributed by atoms with Crippen LogP contribution in [0.2, 0.25) is 0 Å². The van der Waals surface area contributed by atoms with Crippen molar-refractivity contribution in [2.75, 3.05) is 5.32 Å². The van der Waals surface area contributed by atoms with Crippen LogP contribution in [0.1, 0.15) is 5.56 Å². The molecular formula is C16H12F2N4O. The van der Waals surface area contributed by atoms with Crippen LogP contribution < -0.4 is 5.32 Å². The van der Waals surface area contributed by atoms with Crippen LogP contribution >= 0.6 is 0 Å². The molecule has 0 bridgehead atoms. The Bertz CT molecular complexity index is 830. The SMILES string of the molecule is O=C(Cc1ccccc1F)Nc1n[nH]c(-c2ccc(F)cc2)n1. The highest BCUT2D eigenvalue weighted by Crippen LogP contribution is 2.16. The predicted molar refractivity (Wildman–Crippen MR) is 80.5 cm³/mol. The molecule has 0 aliphatic heterocycles. The van der Waals surface area contributed by atoms with E-state index in [-0.39, 0.29) is 18.2 Å². The lowest BCUT2D eigenvalue weighted by Gasteiger charge is -2.02. The number of H-pyrrole nitrogens is 1. The molecule has 7 heteroatoms. The highest BCUT2D eigenvalue weighted by atomic mass is 19.1. The summed E-state index contributed by atoms with van der Waals surface area (Å²) in [6.45, 7) is 0. The lowest BCUT2D eigenvalue weighted by atomic mass is 10.1. The first kappa shape index (κ1) is 14.8. The summed E-state index contributed by atoms with van der Waals surface area (Å²) in [6, 6.07) is 11.7. The van der Waals surface area contributed by atoms with Gasteiger partial charge >= 0.3 is 0 Å². The smallest absolute Gasteiger partial charge is 0.249 e. The van der Waals surface area contributed by atoms with Crippen molar-refractivity contribution in [3.8, 4) is 11.4 Å². The number of anilines is 1. The zero-order valence-electron chi connectivity index (χ0n) is 11.9. The number of carbonyl (C=O) groups is 1. The van der Waals surface area contributed by atoms with E-state index in [0.717, 1.165) is 0 Å². The number of aromatic amines is 1. The summed E-state index contributed by atoms with van der Waals surface area (Å²) in [7, 11) is 0. The van der Waals surface area contributed by atoms with Crippen molar-refractivity contribution in [1.82, 2.24) is 15.2 Å². The topological polar surface area (TPSA) is 70.7 Å². The maximum Gasteiger partial charge on any atom is 0.249 e. The van der Waals surface area contributed by atoms with E-state index in [4.69, 9.17) is 0 Å². The molecule has 1 amide bonds. The molecule has 23 heavy (non-hydrogen) atoms. The number of aromatic nitrogens is 3. The maximum absolute atomic E-state index is 13.5. The summed E-state index contributed by atoms with van der Waals surface area (Å²) >= 11 is 0. The van der Waals surface area contributed by atoms with Crippen molar-refractivity contribution >= 4 is 11.9 Å². The maximum atomic E-state index is 13.5. The highest BCUT2D eigenvalue weighted by Gasteiger charge is 2.11. The Kier molecular flexibility index (Phi) is 4.09. The normalized spacial score (nSPS) is 10.5. The average Bonchev–Trinajstić information content (AvgIpc) is 2.98. The van der Waals surface area contributed by atoms with Crippen LogP contribution in [0.3, 0.4) is 0 Å². The van der Waals surface area contributed by atoms with E-state index < -0.39 is 11.7 Å². The molecule has 0 radical (unpaired) electrons. The molecule has 0 fully saturated rings. The van der Waals surface area contributed by atoms with Gasteiger partial charge in [-0.1, -0.05) is 18.2 Å². The molecule has 1 aromatic heterocycles. The van der Waals surface area contributed by atoms with Crippen LogP contribution in [-0.4, -0.2) is 21.1 Å². The minimum atomic E-state index is -0.440. The fourth-order valence-electron chi connectivity index (χ4n) is 2.04. The van der Waals surface area contributed by atoms with E-state index in [1.165, 1.54) is 24.3 Å². The van der Waals surface area contributed by atoms with Gasteiger partial charge in [0.1, 0.15) is 11.6 Å². The molecule has 5 nitrogen and oxygen atoms in total.